The molecule has 0 bridgehead atoms. The predicted molar refractivity (Wildman–Crippen MR) is 83.9 cm³/mol. The number of carbonyl (C=O) groups is 2. The molecular weight excluding hydrogens is 301 g/mol. The Morgan fingerprint density at radius 3 is 2.39 bits per heavy atom. The van der Waals surface area contributed by atoms with Crippen molar-refractivity contribution in [3.05, 3.63) is 29.6 Å². The third-order valence-corrected chi connectivity index (χ3v) is 4.08. The Morgan fingerprint density at radius 2 is 1.91 bits per heavy atom. The number of hydrogen-bond donors (Lipinski definition) is 2. The van der Waals surface area contributed by atoms with E-state index in [4.69, 9.17) is 4.74 Å². The summed E-state index contributed by atoms with van der Waals surface area (Å²) in [5.41, 5.74) is -0.299. The first-order valence-corrected chi connectivity index (χ1v) is 7.46. The Balaban J connectivity index is 2.29. The van der Waals surface area contributed by atoms with Gasteiger partial charge >= 0.3 is 12.1 Å². The van der Waals surface area contributed by atoms with E-state index >= 15 is 0 Å². The number of carboxylic acid groups (broad SMARTS) is 1. The van der Waals surface area contributed by atoms with Gasteiger partial charge in [0.2, 0.25) is 0 Å². The van der Waals surface area contributed by atoms with E-state index in [-0.39, 0.29) is 5.92 Å². The molecule has 2 rings (SSSR count). The minimum atomic E-state index is -0.924. The van der Waals surface area contributed by atoms with Gasteiger partial charge in [-0.25, -0.2) is 9.18 Å². The molecule has 1 aromatic rings. The van der Waals surface area contributed by atoms with Gasteiger partial charge < -0.3 is 9.84 Å². The summed E-state index contributed by atoms with van der Waals surface area (Å²) in [7, 11) is 0. The Kier molecular flexibility index (Phi) is 4.13. The molecule has 0 heterocycles. The van der Waals surface area contributed by atoms with Crippen LogP contribution in [0.3, 0.4) is 0 Å². The molecule has 5 nitrogen and oxygen atoms in total. The first-order chi connectivity index (χ1) is 10.4. The van der Waals surface area contributed by atoms with Gasteiger partial charge in [-0.05, 0) is 49.9 Å². The van der Waals surface area contributed by atoms with Crippen LogP contribution in [-0.4, -0.2) is 22.8 Å². The topological polar surface area (TPSA) is 75.6 Å². The first kappa shape index (κ1) is 17.2. The number of hydrogen-bond acceptors (Lipinski definition) is 3. The van der Waals surface area contributed by atoms with Crippen molar-refractivity contribution in [3.8, 4) is 0 Å². The molecule has 126 valence electrons. The van der Waals surface area contributed by atoms with Gasteiger partial charge in [0, 0.05) is 11.6 Å². The zero-order valence-electron chi connectivity index (χ0n) is 13.9. The Hall–Kier alpha value is -2.11. The van der Waals surface area contributed by atoms with Crippen molar-refractivity contribution in [2.45, 2.75) is 46.1 Å². The highest BCUT2D eigenvalue weighted by atomic mass is 19.1. The lowest BCUT2D eigenvalue weighted by molar-refractivity contribution is -0.139. The second-order valence-corrected chi connectivity index (χ2v) is 7.47. The maximum absolute atomic E-state index is 13.6. The highest BCUT2D eigenvalue weighted by molar-refractivity contribution is 5.87. The number of carbonyl (C=O) groups excluding carboxylic acids is 1. The highest BCUT2D eigenvalue weighted by Gasteiger charge is 2.63. The van der Waals surface area contributed by atoms with Crippen LogP contribution in [0.5, 0.6) is 0 Å². The van der Waals surface area contributed by atoms with E-state index in [2.05, 4.69) is 5.32 Å². The second kappa shape index (κ2) is 5.51. The van der Waals surface area contributed by atoms with Crippen molar-refractivity contribution in [2.24, 2.45) is 11.3 Å². The van der Waals surface area contributed by atoms with Crippen molar-refractivity contribution in [1.29, 1.82) is 0 Å². The van der Waals surface area contributed by atoms with E-state index < -0.39 is 34.8 Å². The van der Waals surface area contributed by atoms with Crippen LogP contribution in [-0.2, 0) is 9.53 Å². The minimum absolute atomic E-state index is 0.361. The normalized spacial score (nSPS) is 22.3. The largest absolute Gasteiger partial charge is 0.481 e. The number of carboxylic acids is 1. The maximum Gasteiger partial charge on any atom is 0.412 e. The van der Waals surface area contributed by atoms with Crippen LogP contribution < -0.4 is 5.32 Å². The molecule has 1 aliphatic rings. The fraction of sp³-hybridized carbons (Fsp3) is 0.529. The zero-order chi connectivity index (χ0) is 17.6. The lowest BCUT2D eigenvalue weighted by Gasteiger charge is -2.20. The fourth-order valence-electron chi connectivity index (χ4n) is 3.00. The number of benzene rings is 1. The molecule has 6 heteroatoms. The summed E-state index contributed by atoms with van der Waals surface area (Å²) in [4.78, 5) is 23.3. The summed E-state index contributed by atoms with van der Waals surface area (Å²) in [5.74, 6) is -2.36. The van der Waals surface area contributed by atoms with Gasteiger partial charge in [-0.1, -0.05) is 13.8 Å². The summed E-state index contributed by atoms with van der Waals surface area (Å²) < 4.78 is 18.8. The molecule has 1 aliphatic carbocycles. The van der Waals surface area contributed by atoms with E-state index in [1.165, 1.54) is 18.2 Å². The van der Waals surface area contributed by atoms with Gasteiger partial charge in [0.05, 0.1) is 5.92 Å². The third-order valence-electron chi connectivity index (χ3n) is 4.08. The summed E-state index contributed by atoms with van der Waals surface area (Å²) in [6.07, 6.45) is -0.657. The molecule has 1 saturated carbocycles. The van der Waals surface area contributed by atoms with Crippen LogP contribution in [0.25, 0.3) is 0 Å². The zero-order valence-corrected chi connectivity index (χ0v) is 13.9. The molecule has 0 saturated heterocycles. The number of anilines is 1. The predicted octanol–water partition coefficient (Wildman–Crippen LogP) is 4.00. The van der Waals surface area contributed by atoms with E-state index in [9.17, 15) is 19.1 Å². The second-order valence-electron chi connectivity index (χ2n) is 7.47. The molecule has 2 N–H and O–H groups in total. The number of amides is 1. The molecule has 1 amide bonds. The minimum Gasteiger partial charge on any atom is -0.481 e. The Bertz CT molecular complexity index is 648. The molecular formula is C17H22FNO4. The summed E-state index contributed by atoms with van der Waals surface area (Å²) in [5, 5.41) is 11.9. The lowest BCUT2D eigenvalue weighted by Crippen LogP contribution is -2.27. The van der Waals surface area contributed by atoms with Gasteiger partial charge in [0.1, 0.15) is 11.4 Å². The van der Waals surface area contributed by atoms with Crippen LogP contribution in [0.4, 0.5) is 14.9 Å². The van der Waals surface area contributed by atoms with Gasteiger partial charge in [-0.3, -0.25) is 10.1 Å². The van der Waals surface area contributed by atoms with Crippen LogP contribution in [0, 0.1) is 17.2 Å². The number of ether oxygens (including phenoxy) is 1. The first-order valence-electron chi connectivity index (χ1n) is 7.46. The van der Waals surface area contributed by atoms with Crippen molar-refractivity contribution < 1.29 is 23.8 Å². The average Bonchev–Trinajstić information content (AvgIpc) is 2.92. The lowest BCUT2D eigenvalue weighted by atomic mass is 10.0. The number of rotatable bonds is 3. The fourth-order valence-corrected chi connectivity index (χ4v) is 3.00. The van der Waals surface area contributed by atoms with Crippen LogP contribution in [0.1, 0.15) is 46.1 Å². The highest BCUT2D eigenvalue weighted by Crippen LogP contribution is 2.65. The Morgan fingerprint density at radius 1 is 1.30 bits per heavy atom. The van der Waals surface area contributed by atoms with Crippen molar-refractivity contribution in [1.82, 2.24) is 0 Å². The summed E-state index contributed by atoms with van der Waals surface area (Å²) in [6, 6.07) is 3.94. The standard InChI is InChI=1S/C17H22FNO4/c1-16(2,3)23-15(22)19-11-7-6-9(18)8-10(11)12-13(14(20)21)17(12,4)5/h6-8,12-13H,1-5H3,(H,19,22)(H,20,21)/t12-,13+/m0/s1. The molecule has 1 aromatic carbocycles. The van der Waals surface area contributed by atoms with Crippen molar-refractivity contribution in [3.63, 3.8) is 0 Å². The van der Waals surface area contributed by atoms with Crippen molar-refractivity contribution in [2.75, 3.05) is 5.32 Å². The van der Waals surface area contributed by atoms with Crippen molar-refractivity contribution >= 4 is 17.7 Å². The summed E-state index contributed by atoms with van der Waals surface area (Å²) >= 11 is 0. The van der Waals surface area contributed by atoms with Gasteiger partial charge in [-0.2, -0.15) is 0 Å². The molecule has 0 unspecified atom stereocenters. The van der Waals surface area contributed by atoms with Crippen LogP contribution >= 0.6 is 0 Å². The molecule has 0 aromatic heterocycles. The van der Waals surface area contributed by atoms with E-state index in [1.807, 2.05) is 13.8 Å². The van der Waals surface area contributed by atoms with Gasteiger partial charge in [-0.15, -0.1) is 0 Å². The monoisotopic (exact) mass is 323 g/mol. The maximum atomic E-state index is 13.6. The number of nitrogens with one attached hydrogen (secondary N) is 1. The van der Waals surface area contributed by atoms with Gasteiger partial charge in [0.25, 0.3) is 0 Å². The third kappa shape index (κ3) is 3.63. The van der Waals surface area contributed by atoms with E-state index in [1.54, 1.807) is 20.8 Å². The Labute approximate surface area is 134 Å². The molecule has 0 radical (unpaired) electrons. The smallest absolute Gasteiger partial charge is 0.412 e. The SMILES string of the molecule is CC(C)(C)OC(=O)Nc1ccc(F)cc1[C@H]1[C@H](C(=O)O)C1(C)C. The molecule has 1 fully saturated rings. The summed E-state index contributed by atoms with van der Waals surface area (Å²) in [6.45, 7) is 8.85. The quantitative estimate of drug-likeness (QED) is 0.881. The average molecular weight is 323 g/mol. The van der Waals surface area contributed by atoms with Gasteiger partial charge in [0.15, 0.2) is 0 Å². The van der Waals surface area contributed by atoms with Crippen LogP contribution in [0.2, 0.25) is 0 Å². The molecule has 0 spiro atoms. The number of aliphatic carboxylic acids is 1. The molecule has 0 aliphatic heterocycles. The van der Waals surface area contributed by atoms with E-state index in [0.717, 1.165) is 0 Å². The van der Waals surface area contributed by atoms with E-state index in [0.29, 0.717) is 11.3 Å². The van der Waals surface area contributed by atoms with Crippen LogP contribution in [0.15, 0.2) is 18.2 Å². The molecule has 23 heavy (non-hydrogen) atoms. The number of halogens is 1. The molecule has 2 atom stereocenters.